The lowest BCUT2D eigenvalue weighted by Crippen LogP contribution is -2.33. The van der Waals surface area contributed by atoms with Gasteiger partial charge in [-0.1, -0.05) is 12.1 Å². The zero-order valence-electron chi connectivity index (χ0n) is 16.7. The second-order valence-electron chi connectivity index (χ2n) is 7.38. The number of anilines is 1. The molecular formula is C21H21FN6O2. The van der Waals surface area contributed by atoms with Crippen molar-refractivity contribution in [2.24, 2.45) is 5.92 Å². The van der Waals surface area contributed by atoms with E-state index in [1.54, 1.807) is 17.0 Å². The highest BCUT2D eigenvalue weighted by Crippen LogP contribution is 2.27. The minimum Gasteiger partial charge on any atom is -0.348 e. The van der Waals surface area contributed by atoms with Crippen LogP contribution in [0.5, 0.6) is 0 Å². The molecular weight excluding hydrogens is 387 g/mol. The van der Waals surface area contributed by atoms with E-state index in [1.807, 2.05) is 32.0 Å². The van der Waals surface area contributed by atoms with Crippen LogP contribution >= 0.6 is 0 Å². The van der Waals surface area contributed by atoms with Gasteiger partial charge in [-0.05, 0) is 65.7 Å². The zero-order valence-corrected chi connectivity index (χ0v) is 16.7. The van der Waals surface area contributed by atoms with Gasteiger partial charge < -0.3 is 10.2 Å². The Morgan fingerprint density at radius 2 is 2.00 bits per heavy atom. The number of carbonyl (C=O) groups is 2. The molecule has 9 heteroatoms. The molecule has 0 saturated carbocycles. The molecule has 1 saturated heterocycles. The first-order valence-electron chi connectivity index (χ1n) is 9.61. The van der Waals surface area contributed by atoms with E-state index in [0.717, 1.165) is 16.8 Å². The van der Waals surface area contributed by atoms with Gasteiger partial charge in [0.2, 0.25) is 11.8 Å². The summed E-state index contributed by atoms with van der Waals surface area (Å²) in [6.07, 6.45) is 0.146. The highest BCUT2D eigenvalue weighted by atomic mass is 19.1. The van der Waals surface area contributed by atoms with Crippen molar-refractivity contribution in [2.75, 3.05) is 11.4 Å². The molecule has 3 aromatic rings. The highest BCUT2D eigenvalue weighted by Gasteiger charge is 2.35. The number of hydrogen-bond donors (Lipinski definition) is 1. The van der Waals surface area contributed by atoms with Crippen molar-refractivity contribution in [2.45, 2.75) is 26.8 Å². The van der Waals surface area contributed by atoms with Gasteiger partial charge >= 0.3 is 0 Å². The Kier molecular flexibility index (Phi) is 5.26. The Morgan fingerprint density at radius 3 is 2.77 bits per heavy atom. The SMILES string of the molecule is Cc1ccc(N2CC(C(=O)NCc3nnnn3-c3cccc(F)c3)CC2=O)cc1C. The lowest BCUT2D eigenvalue weighted by Gasteiger charge is -2.18. The number of nitrogens with one attached hydrogen (secondary N) is 1. The summed E-state index contributed by atoms with van der Waals surface area (Å²) >= 11 is 0. The molecule has 154 valence electrons. The van der Waals surface area contributed by atoms with Crippen molar-refractivity contribution in [3.63, 3.8) is 0 Å². The Hall–Kier alpha value is -3.62. The Morgan fingerprint density at radius 1 is 1.17 bits per heavy atom. The van der Waals surface area contributed by atoms with Crippen molar-refractivity contribution in [3.8, 4) is 5.69 Å². The second-order valence-corrected chi connectivity index (χ2v) is 7.38. The molecule has 1 N–H and O–H groups in total. The monoisotopic (exact) mass is 408 g/mol. The molecule has 1 aliphatic rings. The first-order valence-corrected chi connectivity index (χ1v) is 9.61. The summed E-state index contributed by atoms with van der Waals surface area (Å²) in [5, 5.41) is 14.2. The number of halogens is 1. The van der Waals surface area contributed by atoms with Crippen molar-refractivity contribution in [1.82, 2.24) is 25.5 Å². The summed E-state index contributed by atoms with van der Waals surface area (Å²) < 4.78 is 14.8. The molecule has 1 aliphatic heterocycles. The number of benzene rings is 2. The summed E-state index contributed by atoms with van der Waals surface area (Å²) in [5.41, 5.74) is 3.50. The van der Waals surface area contributed by atoms with E-state index in [-0.39, 0.29) is 24.8 Å². The van der Waals surface area contributed by atoms with Gasteiger partial charge in [0.25, 0.3) is 0 Å². The van der Waals surface area contributed by atoms with Crippen LogP contribution in [-0.4, -0.2) is 38.6 Å². The Labute approximate surface area is 172 Å². The van der Waals surface area contributed by atoms with Crippen LogP contribution in [0, 0.1) is 25.6 Å². The van der Waals surface area contributed by atoms with Crippen LogP contribution < -0.4 is 10.2 Å². The summed E-state index contributed by atoms with van der Waals surface area (Å²) in [6.45, 7) is 4.39. The van der Waals surface area contributed by atoms with Crippen LogP contribution in [0.3, 0.4) is 0 Å². The summed E-state index contributed by atoms with van der Waals surface area (Å²) in [7, 11) is 0. The van der Waals surface area contributed by atoms with Crippen LogP contribution in [0.4, 0.5) is 10.1 Å². The number of hydrogen-bond acceptors (Lipinski definition) is 5. The molecule has 1 atom stereocenters. The maximum absolute atomic E-state index is 13.5. The number of amides is 2. The number of aromatic nitrogens is 4. The van der Waals surface area contributed by atoms with E-state index in [2.05, 4.69) is 20.8 Å². The Bertz CT molecular complexity index is 1110. The first-order chi connectivity index (χ1) is 14.4. The molecule has 30 heavy (non-hydrogen) atoms. The van der Waals surface area contributed by atoms with E-state index in [4.69, 9.17) is 0 Å². The fourth-order valence-corrected chi connectivity index (χ4v) is 3.46. The average Bonchev–Trinajstić information content (AvgIpc) is 3.35. The first kappa shape index (κ1) is 19.7. The van der Waals surface area contributed by atoms with Gasteiger partial charge in [0.1, 0.15) is 5.82 Å². The minimum absolute atomic E-state index is 0.0661. The third kappa shape index (κ3) is 3.91. The predicted octanol–water partition coefficient (Wildman–Crippen LogP) is 2.09. The van der Waals surface area contributed by atoms with Gasteiger partial charge in [-0.2, -0.15) is 4.68 Å². The molecule has 1 fully saturated rings. The summed E-state index contributed by atoms with van der Waals surface area (Å²) in [4.78, 5) is 26.8. The van der Waals surface area contributed by atoms with Crippen LogP contribution in [-0.2, 0) is 16.1 Å². The fourth-order valence-electron chi connectivity index (χ4n) is 3.46. The second kappa shape index (κ2) is 8.02. The smallest absolute Gasteiger partial charge is 0.227 e. The number of rotatable bonds is 5. The van der Waals surface area contributed by atoms with Crippen molar-refractivity contribution in [1.29, 1.82) is 0 Å². The van der Waals surface area contributed by atoms with Crippen molar-refractivity contribution in [3.05, 3.63) is 65.2 Å². The molecule has 0 bridgehead atoms. The van der Waals surface area contributed by atoms with Gasteiger partial charge in [0.15, 0.2) is 5.82 Å². The van der Waals surface area contributed by atoms with Gasteiger partial charge in [-0.3, -0.25) is 9.59 Å². The maximum atomic E-state index is 13.5. The lowest BCUT2D eigenvalue weighted by atomic mass is 10.1. The number of carbonyl (C=O) groups excluding carboxylic acids is 2. The van der Waals surface area contributed by atoms with E-state index < -0.39 is 11.7 Å². The van der Waals surface area contributed by atoms with Crippen LogP contribution in [0.1, 0.15) is 23.4 Å². The number of aryl methyl sites for hydroxylation is 2. The van der Waals surface area contributed by atoms with Gasteiger partial charge in [-0.25, -0.2) is 4.39 Å². The number of nitrogens with zero attached hydrogens (tertiary/aromatic N) is 5. The molecule has 2 heterocycles. The highest BCUT2D eigenvalue weighted by molar-refractivity contribution is 6.00. The molecule has 8 nitrogen and oxygen atoms in total. The van der Waals surface area contributed by atoms with Crippen LogP contribution in [0.2, 0.25) is 0 Å². The predicted molar refractivity (Wildman–Crippen MR) is 107 cm³/mol. The zero-order chi connectivity index (χ0) is 21.3. The van der Waals surface area contributed by atoms with Crippen LogP contribution in [0.15, 0.2) is 42.5 Å². The topological polar surface area (TPSA) is 93.0 Å². The normalized spacial score (nSPS) is 16.2. The quantitative estimate of drug-likeness (QED) is 0.698. The van der Waals surface area contributed by atoms with Gasteiger partial charge in [0.05, 0.1) is 18.2 Å². The summed E-state index contributed by atoms with van der Waals surface area (Å²) in [6, 6.07) is 11.7. The van der Waals surface area contributed by atoms with E-state index in [0.29, 0.717) is 18.1 Å². The van der Waals surface area contributed by atoms with Crippen molar-refractivity contribution < 1.29 is 14.0 Å². The Balaban J connectivity index is 1.41. The molecule has 0 spiro atoms. The molecule has 0 radical (unpaired) electrons. The molecule has 0 aliphatic carbocycles. The van der Waals surface area contributed by atoms with E-state index in [1.165, 1.54) is 16.8 Å². The lowest BCUT2D eigenvalue weighted by molar-refractivity contribution is -0.126. The largest absolute Gasteiger partial charge is 0.348 e. The standard InChI is InChI=1S/C21H21FN6O2/c1-13-6-7-17(8-14(13)2)27-12-15(9-20(27)29)21(30)23-11-19-24-25-26-28(19)18-5-3-4-16(22)10-18/h3-8,10,15H,9,11-12H2,1-2H3,(H,23,30). The third-order valence-corrected chi connectivity index (χ3v) is 5.31. The van der Waals surface area contributed by atoms with Crippen molar-refractivity contribution >= 4 is 17.5 Å². The summed E-state index contributed by atoms with van der Waals surface area (Å²) in [5.74, 6) is -0.831. The molecule has 1 unspecified atom stereocenters. The van der Waals surface area contributed by atoms with Gasteiger partial charge in [-0.15, -0.1) is 5.10 Å². The third-order valence-electron chi connectivity index (χ3n) is 5.31. The molecule has 2 aromatic carbocycles. The van der Waals surface area contributed by atoms with Gasteiger partial charge in [0, 0.05) is 18.7 Å². The molecule has 2 amide bonds. The maximum Gasteiger partial charge on any atom is 0.227 e. The molecule has 1 aromatic heterocycles. The molecule has 4 rings (SSSR count). The fraction of sp³-hybridized carbons (Fsp3) is 0.286. The van der Waals surface area contributed by atoms with E-state index in [9.17, 15) is 14.0 Å². The number of tetrazole rings is 1. The van der Waals surface area contributed by atoms with E-state index >= 15 is 0 Å². The van der Waals surface area contributed by atoms with Crippen LogP contribution in [0.25, 0.3) is 5.69 Å². The minimum atomic E-state index is -0.461. The average molecular weight is 408 g/mol.